The summed E-state index contributed by atoms with van der Waals surface area (Å²) in [6, 6.07) is 5.76. The van der Waals surface area contributed by atoms with Gasteiger partial charge in [0, 0.05) is 17.7 Å². The Morgan fingerprint density at radius 3 is 2.56 bits per heavy atom. The van der Waals surface area contributed by atoms with Gasteiger partial charge >= 0.3 is 0 Å². The molecule has 0 amide bonds. The summed E-state index contributed by atoms with van der Waals surface area (Å²) in [5.74, 6) is 0.564. The van der Waals surface area contributed by atoms with E-state index in [4.69, 9.17) is 0 Å². The van der Waals surface area contributed by atoms with Crippen molar-refractivity contribution in [3.8, 4) is 0 Å². The van der Waals surface area contributed by atoms with Gasteiger partial charge in [-0.1, -0.05) is 26.0 Å². The van der Waals surface area contributed by atoms with Crippen LogP contribution in [0.5, 0.6) is 0 Å². The molecule has 1 atom stereocenters. The quantitative estimate of drug-likeness (QED) is 0.623. The Hall–Kier alpha value is -1.42. The molecular weight excluding hydrogens is 228 g/mol. The van der Waals surface area contributed by atoms with Gasteiger partial charge < -0.3 is 5.32 Å². The van der Waals surface area contributed by atoms with Crippen LogP contribution in [0.3, 0.4) is 0 Å². The lowest BCUT2D eigenvalue weighted by atomic mass is 9.94. The number of nitrogens with one attached hydrogen (secondary N) is 1. The van der Waals surface area contributed by atoms with Gasteiger partial charge in [-0.15, -0.1) is 0 Å². The molecule has 0 aliphatic carbocycles. The molecule has 0 aliphatic rings. The van der Waals surface area contributed by atoms with E-state index in [0.29, 0.717) is 12.0 Å². The fourth-order valence-corrected chi connectivity index (χ4v) is 2.26. The van der Waals surface area contributed by atoms with Crippen LogP contribution in [-0.2, 0) is 6.42 Å². The van der Waals surface area contributed by atoms with E-state index in [2.05, 4.69) is 19.2 Å². The molecule has 0 saturated heterocycles. The normalized spacial score (nSPS) is 12.7. The predicted molar refractivity (Wildman–Crippen MR) is 73.8 cm³/mol. The molecular formula is C14H22N2O2. The third-order valence-corrected chi connectivity index (χ3v) is 3.51. The van der Waals surface area contributed by atoms with Gasteiger partial charge in [0.05, 0.1) is 4.92 Å². The minimum absolute atomic E-state index is 0.220. The molecule has 0 aliphatic heterocycles. The lowest BCUT2D eigenvalue weighted by molar-refractivity contribution is -0.385. The van der Waals surface area contributed by atoms with Crippen LogP contribution >= 0.6 is 0 Å². The van der Waals surface area contributed by atoms with Crippen molar-refractivity contribution in [3.05, 3.63) is 39.4 Å². The van der Waals surface area contributed by atoms with Crippen molar-refractivity contribution in [3.63, 3.8) is 0 Å². The Labute approximate surface area is 109 Å². The molecule has 0 bridgehead atoms. The zero-order chi connectivity index (χ0) is 13.7. The van der Waals surface area contributed by atoms with E-state index >= 15 is 0 Å². The third-order valence-electron chi connectivity index (χ3n) is 3.51. The van der Waals surface area contributed by atoms with Crippen LogP contribution in [0.15, 0.2) is 18.2 Å². The summed E-state index contributed by atoms with van der Waals surface area (Å²) in [5.41, 5.74) is 2.09. The Bertz CT molecular complexity index is 416. The molecule has 0 saturated carbocycles. The Morgan fingerprint density at radius 1 is 1.39 bits per heavy atom. The van der Waals surface area contributed by atoms with E-state index in [1.54, 1.807) is 12.1 Å². The summed E-state index contributed by atoms with van der Waals surface area (Å²) in [4.78, 5) is 10.6. The first-order valence-electron chi connectivity index (χ1n) is 6.37. The van der Waals surface area contributed by atoms with Gasteiger partial charge in [0.2, 0.25) is 0 Å². The van der Waals surface area contributed by atoms with Crippen molar-refractivity contribution in [1.82, 2.24) is 5.32 Å². The predicted octanol–water partition coefficient (Wildman–Crippen LogP) is 3.08. The second-order valence-electron chi connectivity index (χ2n) is 5.00. The minimum atomic E-state index is -0.309. The van der Waals surface area contributed by atoms with Crippen LogP contribution < -0.4 is 5.32 Å². The van der Waals surface area contributed by atoms with Crippen LogP contribution in [0.25, 0.3) is 0 Å². The first kappa shape index (κ1) is 14.6. The van der Waals surface area contributed by atoms with E-state index in [1.807, 2.05) is 20.0 Å². The molecule has 100 valence electrons. The smallest absolute Gasteiger partial charge is 0.272 e. The van der Waals surface area contributed by atoms with E-state index in [1.165, 1.54) is 0 Å². The SMILES string of the molecule is CNC(CCc1cccc([N+](=O)[O-])c1C)C(C)C. The van der Waals surface area contributed by atoms with Crippen LogP contribution in [0, 0.1) is 23.0 Å². The van der Waals surface area contributed by atoms with Crippen LogP contribution in [0.2, 0.25) is 0 Å². The molecule has 1 aromatic carbocycles. The Balaban J connectivity index is 2.79. The molecule has 0 fully saturated rings. The van der Waals surface area contributed by atoms with Crippen molar-refractivity contribution >= 4 is 5.69 Å². The summed E-state index contributed by atoms with van der Waals surface area (Å²) < 4.78 is 0. The number of nitro benzene ring substituents is 1. The Kier molecular flexibility index (Phi) is 5.28. The molecule has 0 radical (unpaired) electrons. The maximum Gasteiger partial charge on any atom is 0.272 e. The number of nitro groups is 1. The number of hydrogen-bond donors (Lipinski definition) is 1. The molecule has 1 unspecified atom stereocenters. The summed E-state index contributed by atoms with van der Waals surface area (Å²) in [5, 5.41) is 14.2. The first-order chi connectivity index (χ1) is 8.47. The van der Waals surface area contributed by atoms with Crippen molar-refractivity contribution in [2.24, 2.45) is 5.92 Å². The summed E-state index contributed by atoms with van der Waals surface area (Å²) in [7, 11) is 1.96. The summed E-state index contributed by atoms with van der Waals surface area (Å²) in [6.07, 6.45) is 1.87. The molecule has 0 aromatic heterocycles. The lowest BCUT2D eigenvalue weighted by Gasteiger charge is -2.20. The van der Waals surface area contributed by atoms with Gasteiger partial charge in [-0.25, -0.2) is 0 Å². The average molecular weight is 250 g/mol. The molecule has 1 rings (SSSR count). The highest BCUT2D eigenvalue weighted by molar-refractivity contribution is 5.44. The average Bonchev–Trinajstić information content (AvgIpc) is 2.31. The van der Waals surface area contributed by atoms with Gasteiger partial charge in [0.25, 0.3) is 5.69 Å². The van der Waals surface area contributed by atoms with E-state index < -0.39 is 0 Å². The lowest BCUT2D eigenvalue weighted by Crippen LogP contribution is -2.31. The van der Waals surface area contributed by atoms with Crippen molar-refractivity contribution < 1.29 is 4.92 Å². The molecule has 18 heavy (non-hydrogen) atoms. The molecule has 4 nitrogen and oxygen atoms in total. The van der Waals surface area contributed by atoms with E-state index in [-0.39, 0.29) is 10.6 Å². The first-order valence-corrected chi connectivity index (χ1v) is 6.37. The maximum atomic E-state index is 10.9. The molecule has 1 aromatic rings. The fourth-order valence-electron chi connectivity index (χ4n) is 2.26. The molecule has 0 heterocycles. The summed E-state index contributed by atoms with van der Waals surface area (Å²) >= 11 is 0. The molecule has 0 spiro atoms. The van der Waals surface area contributed by atoms with Crippen LogP contribution in [0.1, 0.15) is 31.4 Å². The summed E-state index contributed by atoms with van der Waals surface area (Å²) in [6.45, 7) is 6.19. The van der Waals surface area contributed by atoms with Gasteiger partial charge in [-0.3, -0.25) is 10.1 Å². The molecule has 1 N–H and O–H groups in total. The highest BCUT2D eigenvalue weighted by Crippen LogP contribution is 2.23. The number of aryl methyl sites for hydroxylation is 1. The number of hydrogen-bond acceptors (Lipinski definition) is 3. The zero-order valence-corrected chi connectivity index (χ0v) is 11.6. The number of nitrogens with zero attached hydrogens (tertiary/aromatic N) is 1. The fraction of sp³-hybridized carbons (Fsp3) is 0.571. The van der Waals surface area contributed by atoms with Gasteiger partial charge in [0.1, 0.15) is 0 Å². The number of benzene rings is 1. The van der Waals surface area contributed by atoms with E-state index in [0.717, 1.165) is 24.0 Å². The maximum absolute atomic E-state index is 10.9. The van der Waals surface area contributed by atoms with Gasteiger partial charge in [-0.05, 0) is 38.3 Å². The molecule has 4 heteroatoms. The van der Waals surface area contributed by atoms with Crippen molar-refractivity contribution in [2.45, 2.75) is 39.7 Å². The largest absolute Gasteiger partial charge is 0.317 e. The second-order valence-corrected chi connectivity index (χ2v) is 5.00. The van der Waals surface area contributed by atoms with Gasteiger partial charge in [-0.2, -0.15) is 0 Å². The Morgan fingerprint density at radius 2 is 2.06 bits per heavy atom. The third kappa shape index (κ3) is 3.53. The monoisotopic (exact) mass is 250 g/mol. The topological polar surface area (TPSA) is 55.2 Å². The zero-order valence-electron chi connectivity index (χ0n) is 11.6. The van der Waals surface area contributed by atoms with Crippen molar-refractivity contribution in [1.29, 1.82) is 0 Å². The second kappa shape index (κ2) is 6.50. The highest BCUT2D eigenvalue weighted by Gasteiger charge is 2.15. The standard InChI is InChI=1S/C14H22N2O2/c1-10(2)13(15-4)9-8-12-6-5-7-14(11(12)3)16(17)18/h5-7,10,13,15H,8-9H2,1-4H3. The van der Waals surface area contributed by atoms with Crippen LogP contribution in [0.4, 0.5) is 5.69 Å². The number of rotatable bonds is 6. The highest BCUT2D eigenvalue weighted by atomic mass is 16.6. The van der Waals surface area contributed by atoms with Crippen LogP contribution in [-0.4, -0.2) is 18.0 Å². The van der Waals surface area contributed by atoms with Gasteiger partial charge in [0.15, 0.2) is 0 Å². The minimum Gasteiger partial charge on any atom is -0.317 e. The van der Waals surface area contributed by atoms with E-state index in [9.17, 15) is 10.1 Å². The van der Waals surface area contributed by atoms with Crippen molar-refractivity contribution in [2.75, 3.05) is 7.05 Å².